The van der Waals surface area contributed by atoms with Gasteiger partial charge in [-0.2, -0.15) is 0 Å². The van der Waals surface area contributed by atoms with E-state index in [-0.39, 0.29) is 18.5 Å². The summed E-state index contributed by atoms with van der Waals surface area (Å²) in [7, 11) is 0. The Bertz CT molecular complexity index is 254. The van der Waals surface area contributed by atoms with Crippen LogP contribution in [0.2, 0.25) is 0 Å². The molecule has 2 N–H and O–H groups in total. The van der Waals surface area contributed by atoms with E-state index in [1.165, 1.54) is 0 Å². The van der Waals surface area contributed by atoms with E-state index in [0.29, 0.717) is 19.1 Å². The highest BCUT2D eigenvalue weighted by atomic mass is 35.5. The normalized spacial score (nSPS) is 12.3. The summed E-state index contributed by atoms with van der Waals surface area (Å²) < 4.78 is 1.98. The Morgan fingerprint density at radius 3 is 2.33 bits per heavy atom. The Hall–Kier alpha value is -0.640. The molecule has 0 amide bonds. The third-order valence-electron chi connectivity index (χ3n) is 1.96. The van der Waals surface area contributed by atoms with E-state index < -0.39 is 0 Å². The van der Waals surface area contributed by atoms with Crippen molar-refractivity contribution in [3.63, 3.8) is 0 Å². The maximum atomic E-state index is 9.67. The molecule has 1 rings (SSSR count). The van der Waals surface area contributed by atoms with Crippen molar-refractivity contribution in [1.29, 1.82) is 0 Å². The molecule has 1 atom stereocenters. The van der Waals surface area contributed by atoms with E-state index in [1.54, 1.807) is 0 Å². The van der Waals surface area contributed by atoms with Crippen LogP contribution in [0.15, 0.2) is 30.6 Å². The van der Waals surface area contributed by atoms with Crippen LogP contribution in [0, 0.1) is 0 Å². The minimum Gasteiger partial charge on any atom is -1.00 e. The second-order valence-corrected chi connectivity index (χ2v) is 3.79. The van der Waals surface area contributed by atoms with Gasteiger partial charge in [0.25, 0.3) is 0 Å². The van der Waals surface area contributed by atoms with E-state index in [1.807, 2.05) is 35.2 Å². The highest BCUT2D eigenvalue weighted by molar-refractivity contribution is 4.83. The molecule has 0 bridgehead atoms. The lowest BCUT2D eigenvalue weighted by molar-refractivity contribution is -0.703. The topological polar surface area (TPSA) is 36.1 Å². The lowest BCUT2D eigenvalue weighted by Gasteiger charge is -2.11. The van der Waals surface area contributed by atoms with Crippen molar-refractivity contribution < 1.29 is 22.1 Å². The number of aromatic nitrogens is 1. The zero-order valence-electron chi connectivity index (χ0n) is 9.23. The Morgan fingerprint density at radius 2 is 1.80 bits per heavy atom. The monoisotopic (exact) mass is 230 g/mol. The van der Waals surface area contributed by atoms with Crippen molar-refractivity contribution in [2.75, 3.05) is 6.54 Å². The first kappa shape index (κ1) is 14.4. The maximum absolute atomic E-state index is 9.67. The molecule has 86 valence electrons. The molecule has 0 spiro atoms. The number of hydrogen-bond donors (Lipinski definition) is 2. The van der Waals surface area contributed by atoms with Crippen LogP contribution in [-0.2, 0) is 6.54 Å². The molecule has 1 aromatic rings. The van der Waals surface area contributed by atoms with Gasteiger partial charge in [-0.3, -0.25) is 0 Å². The third kappa shape index (κ3) is 6.44. The molecular weight excluding hydrogens is 212 g/mol. The first-order valence-corrected chi connectivity index (χ1v) is 5.04. The summed E-state index contributed by atoms with van der Waals surface area (Å²) in [6, 6.07) is 6.31. The second kappa shape index (κ2) is 7.63. The van der Waals surface area contributed by atoms with Crippen LogP contribution < -0.4 is 22.3 Å². The third-order valence-corrected chi connectivity index (χ3v) is 1.96. The zero-order valence-corrected chi connectivity index (χ0v) is 9.98. The smallest absolute Gasteiger partial charge is 0.175 e. The number of nitrogens with one attached hydrogen (secondary N) is 1. The number of pyridine rings is 1. The maximum Gasteiger partial charge on any atom is 0.175 e. The molecule has 0 aromatic carbocycles. The highest BCUT2D eigenvalue weighted by Gasteiger charge is 2.09. The molecule has 0 radical (unpaired) electrons. The molecule has 0 aliphatic carbocycles. The van der Waals surface area contributed by atoms with Crippen LogP contribution in [0.3, 0.4) is 0 Å². The number of aliphatic hydroxyl groups is 1. The standard InChI is InChI=1S/C11H19N2O.ClH/c1-10(2)12-8-11(14)9-13-6-4-3-5-7-13;/h3-7,10-12,14H,8-9H2,1-2H3;1H/q+1;/p-1. The summed E-state index contributed by atoms with van der Waals surface area (Å²) in [5.41, 5.74) is 0. The van der Waals surface area contributed by atoms with Gasteiger partial charge in [-0.1, -0.05) is 19.9 Å². The molecule has 3 nitrogen and oxygen atoms in total. The molecule has 0 saturated heterocycles. The van der Waals surface area contributed by atoms with Crippen LogP contribution in [0.5, 0.6) is 0 Å². The fourth-order valence-corrected chi connectivity index (χ4v) is 1.24. The molecular formula is C11H19ClN2O. The Morgan fingerprint density at radius 1 is 1.20 bits per heavy atom. The van der Waals surface area contributed by atoms with Crippen molar-refractivity contribution in [3.8, 4) is 0 Å². The van der Waals surface area contributed by atoms with Crippen LogP contribution in [0.4, 0.5) is 0 Å². The van der Waals surface area contributed by atoms with Gasteiger partial charge in [-0.05, 0) is 0 Å². The van der Waals surface area contributed by atoms with E-state index in [9.17, 15) is 5.11 Å². The Labute approximate surface area is 97.5 Å². The van der Waals surface area contributed by atoms with Gasteiger partial charge in [0.05, 0.1) is 0 Å². The number of hydrogen-bond acceptors (Lipinski definition) is 2. The molecule has 1 aromatic heterocycles. The molecule has 15 heavy (non-hydrogen) atoms. The van der Waals surface area contributed by atoms with Gasteiger partial charge in [0.1, 0.15) is 6.10 Å². The van der Waals surface area contributed by atoms with Crippen LogP contribution >= 0.6 is 0 Å². The first-order chi connectivity index (χ1) is 6.68. The summed E-state index contributed by atoms with van der Waals surface area (Å²) in [5, 5.41) is 12.9. The van der Waals surface area contributed by atoms with Gasteiger partial charge in [0.2, 0.25) is 0 Å². The molecule has 0 aliphatic heterocycles. The van der Waals surface area contributed by atoms with E-state index in [4.69, 9.17) is 0 Å². The average molecular weight is 231 g/mol. The fraction of sp³-hybridized carbons (Fsp3) is 0.545. The number of nitrogens with zero attached hydrogens (tertiary/aromatic N) is 1. The van der Waals surface area contributed by atoms with E-state index in [2.05, 4.69) is 19.2 Å². The first-order valence-electron chi connectivity index (χ1n) is 5.04. The van der Waals surface area contributed by atoms with Crippen molar-refractivity contribution in [2.45, 2.75) is 32.5 Å². The summed E-state index contributed by atoms with van der Waals surface area (Å²) in [4.78, 5) is 0. The summed E-state index contributed by atoms with van der Waals surface area (Å²) in [6.07, 6.45) is 3.58. The van der Waals surface area contributed by atoms with Crippen LogP contribution in [-0.4, -0.2) is 23.8 Å². The number of halogens is 1. The van der Waals surface area contributed by atoms with Gasteiger partial charge in [0, 0.05) is 24.7 Å². The average Bonchev–Trinajstić information content (AvgIpc) is 2.16. The predicted molar refractivity (Wildman–Crippen MR) is 55.8 cm³/mol. The predicted octanol–water partition coefficient (Wildman–Crippen LogP) is -2.66. The lowest BCUT2D eigenvalue weighted by Crippen LogP contribution is -3.00. The molecule has 4 heteroatoms. The summed E-state index contributed by atoms with van der Waals surface area (Å²) in [6.45, 7) is 5.42. The molecule has 1 unspecified atom stereocenters. The van der Waals surface area contributed by atoms with Gasteiger partial charge in [-0.15, -0.1) is 0 Å². The van der Waals surface area contributed by atoms with Crippen molar-refractivity contribution >= 4 is 0 Å². The van der Waals surface area contributed by atoms with Gasteiger partial charge >= 0.3 is 0 Å². The highest BCUT2D eigenvalue weighted by Crippen LogP contribution is 1.85. The SMILES string of the molecule is CC(C)NCC(O)C[n+]1ccccc1.[Cl-]. The lowest BCUT2D eigenvalue weighted by atomic mass is 10.3. The largest absolute Gasteiger partial charge is 1.00 e. The minimum absolute atomic E-state index is 0. The molecule has 0 aliphatic rings. The second-order valence-electron chi connectivity index (χ2n) is 3.79. The van der Waals surface area contributed by atoms with Crippen molar-refractivity contribution in [2.24, 2.45) is 0 Å². The number of rotatable bonds is 5. The molecule has 0 saturated carbocycles. The van der Waals surface area contributed by atoms with E-state index >= 15 is 0 Å². The molecule has 1 heterocycles. The molecule has 0 fully saturated rings. The van der Waals surface area contributed by atoms with E-state index in [0.717, 1.165) is 0 Å². The van der Waals surface area contributed by atoms with Crippen molar-refractivity contribution in [1.82, 2.24) is 5.32 Å². The van der Waals surface area contributed by atoms with Gasteiger partial charge in [0.15, 0.2) is 18.9 Å². The van der Waals surface area contributed by atoms with Crippen molar-refractivity contribution in [3.05, 3.63) is 30.6 Å². The quantitative estimate of drug-likeness (QED) is 0.542. The summed E-state index contributed by atoms with van der Waals surface area (Å²) >= 11 is 0. The minimum atomic E-state index is -0.329. The fourth-order valence-electron chi connectivity index (χ4n) is 1.24. The summed E-state index contributed by atoms with van der Waals surface area (Å²) in [5.74, 6) is 0. The Kier molecular flexibility index (Phi) is 7.30. The number of aliphatic hydroxyl groups excluding tert-OH is 1. The van der Waals surface area contributed by atoms with Crippen LogP contribution in [0.25, 0.3) is 0 Å². The Balaban J connectivity index is 0.00000196. The van der Waals surface area contributed by atoms with Gasteiger partial charge in [-0.25, -0.2) is 4.57 Å². The van der Waals surface area contributed by atoms with Gasteiger partial charge < -0.3 is 22.8 Å². The van der Waals surface area contributed by atoms with Crippen LogP contribution in [0.1, 0.15) is 13.8 Å². The zero-order chi connectivity index (χ0) is 10.4.